The highest BCUT2D eigenvalue weighted by molar-refractivity contribution is 6.74. The third-order valence-corrected chi connectivity index (χ3v) is 9.04. The van der Waals surface area contributed by atoms with Gasteiger partial charge in [-0.2, -0.15) is 0 Å². The van der Waals surface area contributed by atoms with Crippen molar-refractivity contribution in [3.8, 4) is 0 Å². The van der Waals surface area contributed by atoms with Crippen molar-refractivity contribution in [3.63, 3.8) is 0 Å². The van der Waals surface area contributed by atoms with E-state index in [0.717, 1.165) is 6.42 Å². The molecule has 0 unspecified atom stereocenters. The minimum Gasteiger partial charge on any atom is -0.546 e. The van der Waals surface area contributed by atoms with E-state index in [1.54, 1.807) is 0 Å². The molecule has 0 spiro atoms. The Bertz CT molecular complexity index is 533. The number of fused-ring (bicyclic) bond motifs is 1. The molecule has 104 valence electrons. The number of hydrogen-bond acceptors (Lipinski definition) is 1. The highest BCUT2D eigenvalue weighted by Crippen LogP contribution is 2.40. The number of hydrogen-bond donors (Lipinski definition) is 0. The summed E-state index contributed by atoms with van der Waals surface area (Å²) in [5.41, 5.74) is 5.57. The molecule has 0 bridgehead atoms. The molecule has 0 amide bonds. The Morgan fingerprint density at radius 3 is 2.16 bits per heavy atom. The zero-order chi connectivity index (χ0) is 14.4. The van der Waals surface area contributed by atoms with Gasteiger partial charge < -0.3 is 4.43 Å². The Morgan fingerprint density at radius 2 is 1.63 bits per heavy atom. The van der Waals surface area contributed by atoms with Crippen LogP contribution in [-0.4, -0.2) is 8.32 Å². The van der Waals surface area contributed by atoms with Crippen LogP contribution in [-0.2, 0) is 10.8 Å². The first kappa shape index (κ1) is 14.4. The molecule has 0 saturated carbocycles. The van der Waals surface area contributed by atoms with E-state index in [9.17, 15) is 0 Å². The lowest BCUT2D eigenvalue weighted by Crippen LogP contribution is -2.40. The van der Waals surface area contributed by atoms with E-state index in [1.807, 2.05) is 0 Å². The smallest absolute Gasteiger partial charge is 0.250 e. The largest absolute Gasteiger partial charge is 0.546 e. The molecule has 0 N–H and O–H groups in total. The fraction of sp³-hybridized carbons (Fsp3) is 0.529. The van der Waals surface area contributed by atoms with Crippen molar-refractivity contribution in [1.29, 1.82) is 0 Å². The van der Waals surface area contributed by atoms with Crippen LogP contribution < -0.4 is 0 Å². The first-order valence-corrected chi connectivity index (χ1v) is 10.0. The molecule has 1 aliphatic rings. The second-order valence-electron chi connectivity index (χ2n) is 7.24. The molecule has 0 saturated heterocycles. The fourth-order valence-corrected chi connectivity index (χ4v) is 3.35. The molecule has 0 radical (unpaired) electrons. The number of allylic oxidation sites excluding steroid dienone is 1. The van der Waals surface area contributed by atoms with Crippen molar-refractivity contribution in [2.24, 2.45) is 0 Å². The molecule has 1 nitrogen and oxygen atoms in total. The Labute approximate surface area is 118 Å². The van der Waals surface area contributed by atoms with Crippen LogP contribution >= 0.6 is 0 Å². The molecule has 2 heteroatoms. The summed E-state index contributed by atoms with van der Waals surface area (Å²) < 4.78 is 6.46. The van der Waals surface area contributed by atoms with E-state index in [2.05, 4.69) is 65.9 Å². The number of aryl methyl sites for hydroxylation is 2. The third-order valence-electron chi connectivity index (χ3n) is 4.66. The molecule has 0 fully saturated rings. The van der Waals surface area contributed by atoms with Crippen molar-refractivity contribution < 1.29 is 4.43 Å². The minimum atomic E-state index is -1.71. The van der Waals surface area contributed by atoms with E-state index >= 15 is 0 Å². The van der Waals surface area contributed by atoms with E-state index in [-0.39, 0.29) is 5.04 Å². The van der Waals surface area contributed by atoms with E-state index in [1.165, 1.54) is 28.0 Å². The van der Waals surface area contributed by atoms with Crippen LogP contribution in [0.2, 0.25) is 18.1 Å². The van der Waals surface area contributed by atoms with Crippen LogP contribution in [0.5, 0.6) is 0 Å². The van der Waals surface area contributed by atoms with Crippen LogP contribution in [0.4, 0.5) is 0 Å². The summed E-state index contributed by atoms with van der Waals surface area (Å²) in [6.07, 6.45) is 3.23. The van der Waals surface area contributed by atoms with Crippen molar-refractivity contribution in [1.82, 2.24) is 0 Å². The Hall–Kier alpha value is -1.02. The zero-order valence-electron chi connectivity index (χ0n) is 13.3. The van der Waals surface area contributed by atoms with Gasteiger partial charge in [0.1, 0.15) is 0 Å². The van der Waals surface area contributed by atoms with Gasteiger partial charge in [-0.1, -0.05) is 32.9 Å². The maximum absolute atomic E-state index is 6.46. The molecule has 1 aromatic carbocycles. The van der Waals surface area contributed by atoms with Gasteiger partial charge in [-0.05, 0) is 60.3 Å². The lowest BCUT2D eigenvalue weighted by Gasteiger charge is -2.36. The first-order chi connectivity index (χ1) is 8.62. The van der Waals surface area contributed by atoms with Crippen molar-refractivity contribution in [3.05, 3.63) is 40.1 Å². The van der Waals surface area contributed by atoms with Gasteiger partial charge in [0.15, 0.2) is 0 Å². The second kappa shape index (κ2) is 4.52. The molecule has 0 aromatic heterocycles. The maximum atomic E-state index is 6.46. The summed E-state index contributed by atoms with van der Waals surface area (Å²) in [6.45, 7) is 15.9. The maximum Gasteiger partial charge on any atom is 0.250 e. The summed E-state index contributed by atoms with van der Waals surface area (Å²) in [7, 11) is -1.71. The quantitative estimate of drug-likeness (QED) is 0.672. The average molecular weight is 274 g/mol. The molecule has 1 aliphatic carbocycles. The number of benzene rings is 1. The highest BCUT2D eigenvalue weighted by Gasteiger charge is 2.40. The van der Waals surface area contributed by atoms with Gasteiger partial charge in [0, 0.05) is 6.42 Å². The van der Waals surface area contributed by atoms with Crippen molar-refractivity contribution >= 4 is 14.4 Å². The molecule has 0 heterocycles. The van der Waals surface area contributed by atoms with Crippen molar-refractivity contribution in [2.45, 2.75) is 59.2 Å². The molecular weight excluding hydrogens is 248 g/mol. The van der Waals surface area contributed by atoms with Crippen LogP contribution in [0.1, 0.15) is 43.0 Å². The average Bonchev–Trinajstić information content (AvgIpc) is 2.66. The van der Waals surface area contributed by atoms with Crippen LogP contribution in [0.25, 0.3) is 6.08 Å². The predicted octanol–water partition coefficient (Wildman–Crippen LogP) is 5.22. The molecule has 2 rings (SSSR count). The molecular formula is C17H26OSi. The Morgan fingerprint density at radius 1 is 1.05 bits per heavy atom. The number of rotatable bonds is 2. The van der Waals surface area contributed by atoms with Crippen LogP contribution in [0, 0.1) is 13.8 Å². The summed E-state index contributed by atoms with van der Waals surface area (Å²) in [6, 6.07) is 4.43. The van der Waals surface area contributed by atoms with Crippen molar-refractivity contribution in [2.75, 3.05) is 0 Å². The second-order valence-corrected chi connectivity index (χ2v) is 12.0. The van der Waals surface area contributed by atoms with E-state index < -0.39 is 8.32 Å². The van der Waals surface area contributed by atoms with Gasteiger partial charge in [-0.15, -0.1) is 0 Å². The standard InChI is InChI=1S/C17H26OSi/c1-12-8-9-13(2)16-11-14(10-15(12)16)18-19(6,7)17(3,4)5/h8-10H,11H2,1-7H3. The topological polar surface area (TPSA) is 9.23 Å². The van der Waals surface area contributed by atoms with Gasteiger partial charge in [-0.25, -0.2) is 0 Å². The fourth-order valence-electron chi connectivity index (χ4n) is 2.26. The first-order valence-electron chi connectivity index (χ1n) is 7.10. The summed E-state index contributed by atoms with van der Waals surface area (Å²) >= 11 is 0. The minimum absolute atomic E-state index is 0.257. The van der Waals surface area contributed by atoms with Gasteiger partial charge in [0.2, 0.25) is 8.32 Å². The lowest BCUT2D eigenvalue weighted by molar-refractivity contribution is 0.381. The van der Waals surface area contributed by atoms with Gasteiger partial charge >= 0.3 is 0 Å². The van der Waals surface area contributed by atoms with Gasteiger partial charge in [0.05, 0.1) is 5.76 Å². The molecule has 1 aromatic rings. The predicted molar refractivity (Wildman–Crippen MR) is 85.9 cm³/mol. The SMILES string of the molecule is Cc1ccc(C)c2c1C=C(O[Si](C)(C)C(C)(C)C)C2. The monoisotopic (exact) mass is 274 g/mol. The lowest BCUT2D eigenvalue weighted by atomic mass is 10.00. The van der Waals surface area contributed by atoms with Gasteiger partial charge in [-0.3, -0.25) is 0 Å². The zero-order valence-corrected chi connectivity index (χ0v) is 14.3. The third kappa shape index (κ3) is 2.64. The van der Waals surface area contributed by atoms with Crippen LogP contribution in [0.3, 0.4) is 0 Å². The summed E-state index contributed by atoms with van der Waals surface area (Å²) in [5, 5.41) is 0.257. The van der Waals surface area contributed by atoms with E-state index in [4.69, 9.17) is 4.43 Å². The molecule has 0 atom stereocenters. The highest BCUT2D eigenvalue weighted by atomic mass is 28.4. The Kier molecular flexibility index (Phi) is 3.42. The molecule has 19 heavy (non-hydrogen) atoms. The van der Waals surface area contributed by atoms with Gasteiger partial charge in [0.25, 0.3) is 0 Å². The van der Waals surface area contributed by atoms with Crippen LogP contribution in [0.15, 0.2) is 17.9 Å². The Balaban J connectivity index is 2.27. The summed E-state index contributed by atoms with van der Waals surface area (Å²) in [4.78, 5) is 0. The normalized spacial score (nSPS) is 15.2. The van der Waals surface area contributed by atoms with E-state index in [0.29, 0.717) is 0 Å². The summed E-state index contributed by atoms with van der Waals surface area (Å²) in [5.74, 6) is 1.17. The molecule has 0 aliphatic heterocycles.